The summed E-state index contributed by atoms with van der Waals surface area (Å²) < 4.78 is 0.634. The minimum absolute atomic E-state index is 0.104. The summed E-state index contributed by atoms with van der Waals surface area (Å²) in [7, 11) is 0. The number of aryl methyl sites for hydroxylation is 1. The molecule has 0 aromatic carbocycles. The van der Waals surface area contributed by atoms with E-state index in [1.807, 2.05) is 13.0 Å². The molecule has 0 spiro atoms. The molecule has 8 heteroatoms. The van der Waals surface area contributed by atoms with Crippen LogP contribution in [0.15, 0.2) is 17.1 Å². The van der Waals surface area contributed by atoms with Gasteiger partial charge >= 0.3 is 0 Å². The highest BCUT2D eigenvalue weighted by Gasteiger charge is 2.24. The Morgan fingerprint density at radius 1 is 1.50 bits per heavy atom. The number of hydrogen-bond donors (Lipinski definition) is 3. The fourth-order valence-corrected chi connectivity index (χ4v) is 4.36. The maximum atomic E-state index is 12.4. The summed E-state index contributed by atoms with van der Waals surface area (Å²) in [4.78, 5) is 23.1. The first kappa shape index (κ1) is 15.5. The molecule has 0 aliphatic carbocycles. The van der Waals surface area contributed by atoms with Crippen LogP contribution in [0.4, 0.5) is 0 Å². The number of aromatic nitrogens is 4. The summed E-state index contributed by atoms with van der Waals surface area (Å²) in [6.45, 7) is 3.59. The number of hydrogen-bond acceptors (Lipinski definition) is 6. The van der Waals surface area contributed by atoms with E-state index in [0.29, 0.717) is 22.6 Å². The van der Waals surface area contributed by atoms with Crippen molar-refractivity contribution in [2.24, 2.45) is 0 Å². The van der Waals surface area contributed by atoms with Crippen LogP contribution in [-0.4, -0.2) is 49.4 Å². The van der Waals surface area contributed by atoms with Gasteiger partial charge in [-0.3, -0.25) is 14.8 Å². The quantitative estimate of drug-likeness (QED) is 0.668. The maximum absolute atomic E-state index is 12.4. The summed E-state index contributed by atoms with van der Waals surface area (Å²) in [6, 6.07) is 2.11. The molecule has 0 bridgehead atoms. The smallest absolute Gasteiger partial charge is 0.268 e. The van der Waals surface area contributed by atoms with Gasteiger partial charge in [0, 0.05) is 22.2 Å². The van der Waals surface area contributed by atoms with E-state index in [1.165, 1.54) is 11.3 Å². The lowest BCUT2D eigenvalue weighted by Crippen LogP contribution is -2.32. The van der Waals surface area contributed by atoms with Crippen LogP contribution >= 0.6 is 11.3 Å². The van der Waals surface area contributed by atoms with Crippen molar-refractivity contribution < 1.29 is 5.11 Å². The van der Waals surface area contributed by atoms with Gasteiger partial charge in [0.05, 0.1) is 24.9 Å². The largest absolute Gasteiger partial charge is 0.395 e. The number of aliphatic hydroxyl groups is 1. The van der Waals surface area contributed by atoms with E-state index in [9.17, 15) is 9.90 Å². The normalized spacial score (nSPS) is 18.7. The van der Waals surface area contributed by atoms with E-state index in [4.69, 9.17) is 0 Å². The van der Waals surface area contributed by atoms with Crippen molar-refractivity contribution in [2.75, 3.05) is 13.2 Å². The molecule has 0 saturated carbocycles. The van der Waals surface area contributed by atoms with Gasteiger partial charge in [-0.15, -0.1) is 11.3 Å². The van der Waals surface area contributed by atoms with E-state index in [0.717, 1.165) is 35.5 Å². The van der Waals surface area contributed by atoms with Gasteiger partial charge < -0.3 is 10.1 Å². The average Bonchev–Trinajstić information content (AvgIpc) is 3.26. The first-order valence-corrected chi connectivity index (χ1v) is 8.85. The van der Waals surface area contributed by atoms with Crippen LogP contribution < -0.4 is 5.56 Å². The van der Waals surface area contributed by atoms with Gasteiger partial charge in [0.1, 0.15) is 10.5 Å². The molecule has 3 N–H and O–H groups in total. The number of fused-ring (bicyclic) bond motifs is 1. The zero-order chi connectivity index (χ0) is 16.7. The molecule has 0 amide bonds. The predicted molar refractivity (Wildman–Crippen MR) is 93.1 cm³/mol. The van der Waals surface area contributed by atoms with E-state index in [1.54, 1.807) is 6.20 Å². The Morgan fingerprint density at radius 2 is 2.38 bits per heavy atom. The molecule has 4 heterocycles. The number of aliphatic hydroxyl groups excluding tert-OH is 1. The molecule has 1 saturated heterocycles. The number of rotatable bonds is 4. The Balaban J connectivity index is 1.69. The average molecular weight is 345 g/mol. The predicted octanol–water partition coefficient (Wildman–Crippen LogP) is 1.64. The number of likely N-dealkylation sites (tertiary alicyclic amines) is 1. The van der Waals surface area contributed by atoms with Gasteiger partial charge in [0.25, 0.3) is 5.56 Å². The Hall–Kier alpha value is -2.03. The second-order valence-corrected chi connectivity index (χ2v) is 7.25. The fraction of sp³-hybridized carbons (Fsp3) is 0.438. The standard InChI is InChI=1S/C16H19N5O2S/c1-9-11(6-17-20-9)13-5-12-15(24-13)16(23)19-14(18-12)7-21-4-2-3-10(21)8-22/h5-6,10,22H,2-4,7-8H2,1H3,(H,17,20)(H,18,19,23)/t10-/m0/s1. The lowest BCUT2D eigenvalue weighted by Gasteiger charge is -2.21. The molecule has 126 valence electrons. The van der Waals surface area contributed by atoms with Crippen molar-refractivity contribution in [1.29, 1.82) is 0 Å². The first-order valence-electron chi connectivity index (χ1n) is 8.03. The molecule has 3 aromatic heterocycles. The number of H-pyrrole nitrogens is 2. The molecule has 3 aromatic rings. The molecule has 4 rings (SSSR count). The Bertz CT molecular complexity index is 928. The summed E-state index contributed by atoms with van der Waals surface area (Å²) in [5.74, 6) is 0.654. The van der Waals surface area contributed by atoms with Crippen molar-refractivity contribution in [3.05, 3.63) is 34.1 Å². The summed E-state index contributed by atoms with van der Waals surface area (Å²) in [6.07, 6.45) is 3.83. The van der Waals surface area contributed by atoms with Gasteiger partial charge in [-0.05, 0) is 32.4 Å². The van der Waals surface area contributed by atoms with Crippen LogP contribution in [-0.2, 0) is 6.54 Å². The van der Waals surface area contributed by atoms with Gasteiger partial charge in [-0.1, -0.05) is 0 Å². The Labute approximate surface area is 142 Å². The number of aromatic amines is 2. The Kier molecular flexibility index (Phi) is 3.95. The zero-order valence-electron chi connectivity index (χ0n) is 13.4. The summed E-state index contributed by atoms with van der Waals surface area (Å²) in [5.41, 5.74) is 2.58. The number of nitrogens with one attached hydrogen (secondary N) is 2. The SMILES string of the molecule is Cc1[nH]ncc1-c1cc2nc(CN3CCC[C@H]3CO)[nH]c(=O)c2s1. The molecule has 7 nitrogen and oxygen atoms in total. The van der Waals surface area contributed by atoms with Crippen LogP contribution in [0.25, 0.3) is 20.7 Å². The van der Waals surface area contributed by atoms with Crippen LogP contribution in [0.1, 0.15) is 24.4 Å². The molecule has 1 atom stereocenters. The van der Waals surface area contributed by atoms with E-state index in [2.05, 4.69) is 25.1 Å². The lowest BCUT2D eigenvalue weighted by molar-refractivity contribution is 0.151. The van der Waals surface area contributed by atoms with Crippen molar-refractivity contribution in [3.8, 4) is 10.4 Å². The molecular formula is C16H19N5O2S. The highest BCUT2D eigenvalue weighted by Crippen LogP contribution is 2.32. The molecule has 1 aliphatic heterocycles. The minimum Gasteiger partial charge on any atom is -0.395 e. The number of nitrogens with zero attached hydrogens (tertiary/aromatic N) is 3. The first-order chi connectivity index (χ1) is 11.7. The highest BCUT2D eigenvalue weighted by molar-refractivity contribution is 7.22. The van der Waals surface area contributed by atoms with Gasteiger partial charge in [0.2, 0.25) is 0 Å². The van der Waals surface area contributed by atoms with Gasteiger partial charge in [-0.25, -0.2) is 4.98 Å². The van der Waals surface area contributed by atoms with Crippen molar-refractivity contribution in [3.63, 3.8) is 0 Å². The van der Waals surface area contributed by atoms with Gasteiger partial charge in [-0.2, -0.15) is 5.10 Å². The monoisotopic (exact) mass is 345 g/mol. The Morgan fingerprint density at radius 3 is 3.12 bits per heavy atom. The topological polar surface area (TPSA) is 97.9 Å². The van der Waals surface area contributed by atoms with Gasteiger partial charge in [0.15, 0.2) is 0 Å². The van der Waals surface area contributed by atoms with Crippen molar-refractivity contribution in [1.82, 2.24) is 25.1 Å². The zero-order valence-corrected chi connectivity index (χ0v) is 14.2. The lowest BCUT2D eigenvalue weighted by atomic mass is 10.2. The molecular weight excluding hydrogens is 326 g/mol. The van der Waals surface area contributed by atoms with Crippen LogP contribution in [0.2, 0.25) is 0 Å². The molecule has 1 aliphatic rings. The van der Waals surface area contributed by atoms with E-state index < -0.39 is 0 Å². The maximum Gasteiger partial charge on any atom is 0.268 e. The summed E-state index contributed by atoms with van der Waals surface area (Å²) in [5, 5.41) is 16.4. The summed E-state index contributed by atoms with van der Waals surface area (Å²) >= 11 is 1.43. The highest BCUT2D eigenvalue weighted by atomic mass is 32.1. The molecule has 0 radical (unpaired) electrons. The van der Waals surface area contributed by atoms with E-state index in [-0.39, 0.29) is 18.2 Å². The third-order valence-corrected chi connectivity index (χ3v) is 5.75. The van der Waals surface area contributed by atoms with E-state index >= 15 is 0 Å². The third-order valence-electron chi connectivity index (χ3n) is 4.59. The number of thiophene rings is 1. The second kappa shape index (κ2) is 6.12. The van der Waals surface area contributed by atoms with Crippen LogP contribution in [0, 0.1) is 6.92 Å². The third kappa shape index (κ3) is 2.66. The van der Waals surface area contributed by atoms with Crippen LogP contribution in [0.3, 0.4) is 0 Å². The van der Waals surface area contributed by atoms with Crippen molar-refractivity contribution >= 4 is 21.6 Å². The second-order valence-electron chi connectivity index (χ2n) is 6.20. The van der Waals surface area contributed by atoms with Crippen molar-refractivity contribution in [2.45, 2.75) is 32.4 Å². The molecule has 1 fully saturated rings. The molecule has 0 unspecified atom stereocenters. The van der Waals surface area contributed by atoms with Crippen LogP contribution in [0.5, 0.6) is 0 Å². The molecule has 24 heavy (non-hydrogen) atoms. The fourth-order valence-electron chi connectivity index (χ4n) is 3.30. The minimum atomic E-state index is -0.104.